The summed E-state index contributed by atoms with van der Waals surface area (Å²) in [5.74, 6) is 0. The second-order valence-electron chi connectivity index (χ2n) is 11.6. The summed E-state index contributed by atoms with van der Waals surface area (Å²) in [6.07, 6.45) is 4.94. The second-order valence-corrected chi connectivity index (χ2v) is 15.3. The summed E-state index contributed by atoms with van der Waals surface area (Å²) in [4.78, 5) is 0. The summed E-state index contributed by atoms with van der Waals surface area (Å²) in [6, 6.07) is 66.4. The lowest BCUT2D eigenvalue weighted by Gasteiger charge is -2.45. The first-order chi connectivity index (χ1) is 22.4. The summed E-state index contributed by atoms with van der Waals surface area (Å²) >= 11 is 0. The van der Waals surface area contributed by atoms with Crippen LogP contribution in [0.4, 0.5) is 0 Å². The lowest BCUT2D eigenvalue weighted by atomic mass is 9.89. The highest BCUT2D eigenvalue weighted by Crippen LogP contribution is 2.65. The van der Waals surface area contributed by atoms with E-state index in [9.17, 15) is 0 Å². The predicted octanol–water partition coefficient (Wildman–Crippen LogP) is 11.0. The van der Waals surface area contributed by atoms with Crippen LogP contribution in [-0.4, -0.2) is 8.07 Å². The molecule has 45 heavy (non-hydrogen) atoms. The van der Waals surface area contributed by atoms with Gasteiger partial charge in [-0.15, -0.1) is 0 Å². The predicted molar refractivity (Wildman–Crippen MR) is 194 cm³/mol. The highest BCUT2D eigenvalue weighted by molar-refractivity contribution is 7.32. The van der Waals surface area contributed by atoms with E-state index in [0.717, 1.165) is 0 Å². The smallest absolute Gasteiger partial charge is 0.0622 e. The van der Waals surface area contributed by atoms with Crippen LogP contribution in [0.3, 0.4) is 0 Å². The van der Waals surface area contributed by atoms with Crippen LogP contribution in [-0.2, 0) is 0 Å². The van der Waals surface area contributed by atoms with Crippen LogP contribution < -0.4 is 0 Å². The van der Waals surface area contributed by atoms with E-state index in [1.807, 2.05) is 0 Å². The van der Waals surface area contributed by atoms with Crippen molar-refractivity contribution in [3.63, 3.8) is 0 Å². The molecule has 6 aromatic carbocycles. The molecule has 0 saturated heterocycles. The minimum absolute atomic E-state index is 1.23. The zero-order valence-electron chi connectivity index (χ0n) is 25.0. The Kier molecular flexibility index (Phi) is 6.94. The Morgan fingerprint density at radius 1 is 0.333 bits per heavy atom. The van der Waals surface area contributed by atoms with E-state index in [2.05, 4.69) is 194 Å². The van der Waals surface area contributed by atoms with Crippen LogP contribution >= 0.6 is 0 Å². The molecule has 0 amide bonds. The standard InChI is InChI=1S/C44H32Si/c1-7-19-33(20-8-1)31-39-32-40(34-21-9-2-10-22-34)45(39)43(37-27-15-5-16-28-37)41(35-23-11-3-12-24-35)42(36-25-13-4-14-26-36)44(45)38-29-17-6-18-30-38/h1-32H/b39-31-. The van der Waals surface area contributed by atoms with Gasteiger partial charge in [-0.3, -0.25) is 0 Å². The molecule has 2 heterocycles. The molecule has 212 valence electrons. The molecule has 0 N–H and O–H groups in total. The topological polar surface area (TPSA) is 0 Å². The van der Waals surface area contributed by atoms with E-state index < -0.39 is 8.07 Å². The van der Waals surface area contributed by atoms with E-state index in [1.54, 1.807) is 0 Å². The molecule has 1 heteroatoms. The van der Waals surface area contributed by atoms with E-state index in [1.165, 1.54) is 65.3 Å². The van der Waals surface area contributed by atoms with Gasteiger partial charge in [0, 0.05) is 0 Å². The minimum atomic E-state index is -2.81. The van der Waals surface area contributed by atoms with Crippen molar-refractivity contribution in [2.75, 3.05) is 0 Å². The molecule has 0 unspecified atom stereocenters. The third-order valence-electron chi connectivity index (χ3n) is 9.09. The third kappa shape index (κ3) is 4.52. The lowest BCUT2D eigenvalue weighted by molar-refractivity contribution is 1.57. The van der Waals surface area contributed by atoms with Gasteiger partial charge in [-0.2, -0.15) is 0 Å². The summed E-state index contributed by atoms with van der Waals surface area (Å²) in [5, 5.41) is 5.83. The van der Waals surface area contributed by atoms with Crippen molar-refractivity contribution in [3.05, 3.63) is 227 Å². The van der Waals surface area contributed by atoms with Gasteiger partial charge in [-0.05, 0) is 65.3 Å². The molecule has 0 aliphatic carbocycles. The van der Waals surface area contributed by atoms with Crippen molar-refractivity contribution in [1.82, 2.24) is 0 Å². The van der Waals surface area contributed by atoms with Crippen LogP contribution in [0.1, 0.15) is 33.4 Å². The monoisotopic (exact) mass is 588 g/mol. The number of hydrogen-bond acceptors (Lipinski definition) is 0. The van der Waals surface area contributed by atoms with Crippen molar-refractivity contribution in [2.24, 2.45) is 0 Å². The molecule has 0 bridgehead atoms. The summed E-state index contributed by atoms with van der Waals surface area (Å²) in [5.41, 5.74) is 10.3. The fourth-order valence-corrected chi connectivity index (χ4v) is 12.9. The molecule has 0 aromatic heterocycles. The molecule has 1 spiro atoms. The highest BCUT2D eigenvalue weighted by Gasteiger charge is 2.59. The Labute approximate surface area is 266 Å². The van der Waals surface area contributed by atoms with Crippen LogP contribution in [0.5, 0.6) is 0 Å². The van der Waals surface area contributed by atoms with Crippen molar-refractivity contribution < 1.29 is 0 Å². The maximum absolute atomic E-state index is 2.81. The zero-order chi connectivity index (χ0) is 30.1. The van der Waals surface area contributed by atoms with Crippen LogP contribution in [0.2, 0.25) is 0 Å². The highest BCUT2D eigenvalue weighted by atomic mass is 28.3. The normalized spacial score (nSPS) is 16.2. The lowest BCUT2D eigenvalue weighted by Crippen LogP contribution is -2.47. The molecule has 6 aromatic rings. The SMILES string of the molecule is C1=C(c2ccccc2)[Si]2(C(c3ccccc3)=C(c3ccccc3)C(c3ccccc3)=C2c2ccccc2)/C1=C\c1ccccc1. The van der Waals surface area contributed by atoms with Crippen molar-refractivity contribution in [3.8, 4) is 0 Å². The number of rotatable bonds is 6. The van der Waals surface area contributed by atoms with Crippen LogP contribution in [0.15, 0.2) is 193 Å². The molecule has 0 atom stereocenters. The van der Waals surface area contributed by atoms with Crippen LogP contribution in [0, 0.1) is 0 Å². The van der Waals surface area contributed by atoms with E-state index >= 15 is 0 Å². The van der Waals surface area contributed by atoms with Gasteiger partial charge < -0.3 is 0 Å². The molecule has 0 radical (unpaired) electrons. The molecule has 0 nitrogen and oxygen atoms in total. The maximum atomic E-state index is 2.48. The molecule has 0 saturated carbocycles. The van der Waals surface area contributed by atoms with E-state index in [-0.39, 0.29) is 0 Å². The second kappa shape index (κ2) is 11.5. The van der Waals surface area contributed by atoms with Gasteiger partial charge in [0.25, 0.3) is 0 Å². The summed E-state index contributed by atoms with van der Waals surface area (Å²) in [6.45, 7) is 0. The Bertz CT molecular complexity index is 1990. The van der Waals surface area contributed by atoms with Crippen molar-refractivity contribution in [1.29, 1.82) is 0 Å². The molecule has 8 rings (SSSR count). The Morgan fingerprint density at radius 2 is 0.667 bits per heavy atom. The quantitative estimate of drug-likeness (QED) is 0.170. The van der Waals surface area contributed by atoms with Gasteiger partial charge in [0.05, 0.1) is 0 Å². The summed E-state index contributed by atoms with van der Waals surface area (Å²) in [7, 11) is -2.81. The number of benzene rings is 6. The van der Waals surface area contributed by atoms with Gasteiger partial charge in [-0.1, -0.05) is 194 Å². The van der Waals surface area contributed by atoms with Gasteiger partial charge in [-0.25, -0.2) is 0 Å². The minimum Gasteiger partial charge on any atom is -0.0622 e. The Balaban J connectivity index is 1.60. The Hall–Kier alpha value is -5.50. The average Bonchev–Trinajstić information content (AvgIpc) is 3.47. The largest absolute Gasteiger partial charge is 0.182 e. The van der Waals surface area contributed by atoms with E-state index in [4.69, 9.17) is 0 Å². The first-order valence-corrected chi connectivity index (χ1v) is 17.6. The molecule has 2 aliphatic rings. The van der Waals surface area contributed by atoms with Crippen LogP contribution in [0.25, 0.3) is 32.8 Å². The van der Waals surface area contributed by atoms with E-state index in [0.29, 0.717) is 0 Å². The fourth-order valence-electron chi connectivity index (χ4n) is 7.27. The average molecular weight is 589 g/mol. The van der Waals surface area contributed by atoms with Crippen molar-refractivity contribution >= 4 is 40.9 Å². The van der Waals surface area contributed by atoms with Gasteiger partial charge >= 0.3 is 0 Å². The Morgan fingerprint density at radius 3 is 1.07 bits per heavy atom. The molecule has 0 fully saturated rings. The zero-order valence-corrected chi connectivity index (χ0v) is 26.0. The first kappa shape index (κ1) is 27.1. The van der Waals surface area contributed by atoms with Gasteiger partial charge in [0.2, 0.25) is 0 Å². The number of hydrogen-bond donors (Lipinski definition) is 0. The van der Waals surface area contributed by atoms with Gasteiger partial charge in [0.15, 0.2) is 8.07 Å². The molecule has 2 aliphatic heterocycles. The van der Waals surface area contributed by atoms with Crippen molar-refractivity contribution in [2.45, 2.75) is 0 Å². The third-order valence-corrected chi connectivity index (χ3v) is 14.1. The first-order valence-electron chi connectivity index (χ1n) is 15.6. The fraction of sp³-hybridized carbons (Fsp3) is 0. The molecular weight excluding hydrogens is 557 g/mol. The number of allylic oxidation sites excluding steroid dienone is 4. The maximum Gasteiger partial charge on any atom is 0.182 e. The summed E-state index contributed by atoms with van der Waals surface area (Å²) < 4.78 is 0. The molecular formula is C44H32Si. The van der Waals surface area contributed by atoms with Gasteiger partial charge in [0.1, 0.15) is 0 Å².